The van der Waals surface area contributed by atoms with Crippen LogP contribution in [0.15, 0.2) is 51.9 Å². The minimum atomic E-state index is -0.0706. The number of para-hydroxylation sites is 1. The molecule has 0 fully saturated rings. The van der Waals surface area contributed by atoms with E-state index in [1.165, 1.54) is 0 Å². The molecule has 0 aliphatic rings. The lowest BCUT2D eigenvalue weighted by Gasteiger charge is -2.10. The molecule has 0 aliphatic carbocycles. The highest BCUT2D eigenvalue weighted by atomic mass is 16.5. The second-order valence-corrected chi connectivity index (χ2v) is 5.63. The first-order valence-electron chi connectivity index (χ1n) is 7.35. The normalized spacial score (nSPS) is 11.2. The fourth-order valence-electron chi connectivity index (χ4n) is 2.84. The number of hydrogen-bond donors (Lipinski definition) is 1. The van der Waals surface area contributed by atoms with Gasteiger partial charge in [-0.3, -0.25) is 4.79 Å². The molecule has 0 aliphatic heterocycles. The second kappa shape index (κ2) is 5.89. The third-order valence-electron chi connectivity index (χ3n) is 4.00. The van der Waals surface area contributed by atoms with Gasteiger partial charge in [0.1, 0.15) is 11.2 Å². The zero-order valence-electron chi connectivity index (χ0n) is 13.2. The van der Waals surface area contributed by atoms with Crippen molar-refractivity contribution < 1.29 is 14.3 Å². The summed E-state index contributed by atoms with van der Waals surface area (Å²) in [5.41, 5.74) is 3.60. The molecule has 1 N–H and O–H groups in total. The largest absolute Gasteiger partial charge is 0.513 e. The van der Waals surface area contributed by atoms with Crippen molar-refractivity contribution in [3.63, 3.8) is 0 Å². The molecule has 4 heteroatoms. The summed E-state index contributed by atoms with van der Waals surface area (Å²) in [6.07, 6.45) is 0.253. The first-order chi connectivity index (χ1) is 11.0. The van der Waals surface area contributed by atoms with Crippen molar-refractivity contribution >= 4 is 21.9 Å². The van der Waals surface area contributed by atoms with Crippen molar-refractivity contribution in [2.75, 3.05) is 7.11 Å². The average Bonchev–Trinajstić information content (AvgIpc) is 2.51. The van der Waals surface area contributed by atoms with E-state index in [1.807, 2.05) is 19.1 Å². The number of aliphatic hydroxyl groups excluding tert-OH is 1. The van der Waals surface area contributed by atoms with Crippen LogP contribution in [0.3, 0.4) is 0 Å². The fourth-order valence-corrected chi connectivity index (χ4v) is 2.84. The standard InChI is InChI=1S/C19H18O4/c1-11(20)9-13-5-4-6-15-17(21)16-8-7-14(10-22-3)12(2)18(16)23-19(13)15/h4-8,20H,1,9-10H2,2-3H3. The summed E-state index contributed by atoms with van der Waals surface area (Å²) in [6, 6.07) is 9.02. The van der Waals surface area contributed by atoms with Crippen LogP contribution < -0.4 is 5.43 Å². The van der Waals surface area contributed by atoms with Gasteiger partial charge in [0.05, 0.1) is 23.1 Å². The van der Waals surface area contributed by atoms with E-state index in [9.17, 15) is 9.90 Å². The Kier molecular flexibility index (Phi) is 3.92. The van der Waals surface area contributed by atoms with Gasteiger partial charge in [-0.1, -0.05) is 24.8 Å². The maximum atomic E-state index is 12.8. The summed E-state index contributed by atoms with van der Waals surface area (Å²) in [5, 5.41) is 10.5. The third kappa shape index (κ3) is 2.62. The van der Waals surface area contributed by atoms with E-state index >= 15 is 0 Å². The van der Waals surface area contributed by atoms with E-state index in [-0.39, 0.29) is 17.6 Å². The summed E-state index contributed by atoms with van der Waals surface area (Å²) in [7, 11) is 1.63. The van der Waals surface area contributed by atoms with E-state index < -0.39 is 0 Å². The first kappa shape index (κ1) is 15.3. The molecule has 3 aromatic rings. The first-order valence-corrected chi connectivity index (χ1v) is 7.35. The summed E-state index contributed by atoms with van der Waals surface area (Å²) in [6.45, 7) is 5.89. The Morgan fingerprint density at radius 1 is 1.17 bits per heavy atom. The van der Waals surface area contributed by atoms with Crippen molar-refractivity contribution in [2.45, 2.75) is 20.0 Å². The van der Waals surface area contributed by atoms with Gasteiger partial charge < -0.3 is 14.3 Å². The van der Waals surface area contributed by atoms with Crippen molar-refractivity contribution in [1.29, 1.82) is 0 Å². The number of benzene rings is 2. The molecule has 0 amide bonds. The van der Waals surface area contributed by atoms with E-state index in [0.29, 0.717) is 28.5 Å². The highest BCUT2D eigenvalue weighted by Crippen LogP contribution is 2.27. The van der Waals surface area contributed by atoms with Gasteiger partial charge in [0, 0.05) is 19.1 Å². The molecule has 0 atom stereocenters. The van der Waals surface area contributed by atoms with Crippen LogP contribution in [0.25, 0.3) is 21.9 Å². The number of allylic oxidation sites excluding steroid dienone is 1. The number of ether oxygens (including phenoxy) is 1. The lowest BCUT2D eigenvalue weighted by atomic mass is 10.0. The Balaban J connectivity index is 2.39. The van der Waals surface area contributed by atoms with Gasteiger partial charge in [0.2, 0.25) is 5.43 Å². The lowest BCUT2D eigenvalue weighted by Crippen LogP contribution is -2.06. The molecular weight excluding hydrogens is 292 g/mol. The topological polar surface area (TPSA) is 59.7 Å². The summed E-state index contributed by atoms with van der Waals surface area (Å²) in [5.74, 6) is 0.0325. The number of aryl methyl sites for hydroxylation is 1. The second-order valence-electron chi connectivity index (χ2n) is 5.63. The molecule has 118 valence electrons. The molecule has 0 saturated carbocycles. The quantitative estimate of drug-likeness (QED) is 0.584. The minimum absolute atomic E-state index is 0.0325. The number of fused-ring (bicyclic) bond motifs is 2. The van der Waals surface area contributed by atoms with Crippen LogP contribution >= 0.6 is 0 Å². The van der Waals surface area contributed by atoms with Gasteiger partial charge in [-0.15, -0.1) is 0 Å². The number of aliphatic hydroxyl groups is 1. The molecule has 2 aromatic carbocycles. The van der Waals surface area contributed by atoms with Crippen molar-refractivity contribution in [2.24, 2.45) is 0 Å². The van der Waals surface area contributed by atoms with Gasteiger partial charge in [-0.05, 0) is 30.2 Å². The van der Waals surface area contributed by atoms with Crippen LogP contribution in [0.1, 0.15) is 16.7 Å². The van der Waals surface area contributed by atoms with Crippen molar-refractivity contribution in [3.05, 3.63) is 69.6 Å². The molecule has 0 unspecified atom stereocenters. The maximum Gasteiger partial charge on any atom is 0.200 e. The van der Waals surface area contributed by atoms with Crippen LogP contribution in [0.4, 0.5) is 0 Å². The molecule has 0 radical (unpaired) electrons. The highest BCUT2D eigenvalue weighted by Gasteiger charge is 2.14. The molecule has 1 aromatic heterocycles. The van der Waals surface area contributed by atoms with E-state index in [4.69, 9.17) is 9.15 Å². The van der Waals surface area contributed by atoms with Crippen LogP contribution in [-0.4, -0.2) is 12.2 Å². The average molecular weight is 310 g/mol. The van der Waals surface area contributed by atoms with Gasteiger partial charge in [0.15, 0.2) is 0 Å². The Morgan fingerprint density at radius 3 is 2.61 bits per heavy atom. The molecule has 0 spiro atoms. The number of rotatable bonds is 4. The summed E-state index contributed by atoms with van der Waals surface area (Å²) < 4.78 is 11.3. The highest BCUT2D eigenvalue weighted by molar-refractivity contribution is 5.92. The monoisotopic (exact) mass is 310 g/mol. The molecule has 4 nitrogen and oxygen atoms in total. The zero-order valence-corrected chi connectivity index (χ0v) is 13.2. The predicted molar refractivity (Wildman–Crippen MR) is 90.9 cm³/mol. The Bertz CT molecular complexity index is 966. The molecule has 1 heterocycles. The third-order valence-corrected chi connectivity index (χ3v) is 4.00. The number of hydrogen-bond acceptors (Lipinski definition) is 4. The van der Waals surface area contributed by atoms with Crippen LogP contribution in [0, 0.1) is 6.92 Å². The molecule has 23 heavy (non-hydrogen) atoms. The SMILES string of the molecule is C=C(O)Cc1cccc2c(=O)c3ccc(COC)c(C)c3oc12. The van der Waals surface area contributed by atoms with Crippen LogP contribution in [-0.2, 0) is 17.8 Å². The Hall–Kier alpha value is -2.59. The van der Waals surface area contributed by atoms with Crippen LogP contribution in [0.2, 0.25) is 0 Å². The zero-order chi connectivity index (χ0) is 16.6. The molecule has 0 saturated heterocycles. The Labute approximate surface area is 133 Å². The summed E-state index contributed by atoms with van der Waals surface area (Å²) in [4.78, 5) is 12.8. The molecular formula is C19H18O4. The van der Waals surface area contributed by atoms with Gasteiger partial charge in [0.25, 0.3) is 0 Å². The lowest BCUT2D eigenvalue weighted by molar-refractivity contribution is 0.184. The van der Waals surface area contributed by atoms with Crippen molar-refractivity contribution in [1.82, 2.24) is 0 Å². The van der Waals surface area contributed by atoms with E-state index in [0.717, 1.165) is 16.7 Å². The Morgan fingerprint density at radius 2 is 1.91 bits per heavy atom. The van der Waals surface area contributed by atoms with Gasteiger partial charge in [-0.25, -0.2) is 0 Å². The van der Waals surface area contributed by atoms with Gasteiger partial charge >= 0.3 is 0 Å². The predicted octanol–water partition coefficient (Wildman–Crippen LogP) is 4.02. The number of methoxy groups -OCH3 is 1. The molecule has 3 rings (SSSR count). The summed E-state index contributed by atoms with van der Waals surface area (Å²) >= 11 is 0. The molecule has 0 bridgehead atoms. The minimum Gasteiger partial charge on any atom is -0.513 e. The van der Waals surface area contributed by atoms with Gasteiger partial charge in [-0.2, -0.15) is 0 Å². The fraction of sp³-hybridized carbons (Fsp3) is 0.211. The smallest absolute Gasteiger partial charge is 0.200 e. The van der Waals surface area contributed by atoms with E-state index in [1.54, 1.807) is 25.3 Å². The van der Waals surface area contributed by atoms with Crippen LogP contribution in [0.5, 0.6) is 0 Å². The van der Waals surface area contributed by atoms with E-state index in [2.05, 4.69) is 6.58 Å². The maximum absolute atomic E-state index is 12.8. The van der Waals surface area contributed by atoms with Crippen molar-refractivity contribution in [3.8, 4) is 0 Å².